The maximum atomic E-state index is 12.8. The van der Waals surface area contributed by atoms with Crippen molar-refractivity contribution in [3.63, 3.8) is 0 Å². The van der Waals surface area contributed by atoms with Crippen LogP contribution in [0.4, 0.5) is 4.79 Å². The number of rotatable bonds is 6. The fourth-order valence-corrected chi connectivity index (χ4v) is 5.75. The van der Waals surface area contributed by atoms with E-state index in [0.29, 0.717) is 38.2 Å². The molecule has 10 heteroatoms. The van der Waals surface area contributed by atoms with Crippen molar-refractivity contribution < 1.29 is 22.8 Å². The van der Waals surface area contributed by atoms with E-state index in [0.717, 1.165) is 11.8 Å². The molecule has 3 rings (SSSR count). The third-order valence-corrected chi connectivity index (χ3v) is 7.94. The van der Waals surface area contributed by atoms with Crippen molar-refractivity contribution in [1.82, 2.24) is 14.1 Å². The largest absolute Gasteiger partial charge is 0.336 e. The van der Waals surface area contributed by atoms with Crippen LogP contribution in [0.25, 0.3) is 0 Å². The van der Waals surface area contributed by atoms with Crippen LogP contribution in [0.2, 0.25) is 0 Å². The summed E-state index contributed by atoms with van der Waals surface area (Å²) in [7, 11) is -3.57. The van der Waals surface area contributed by atoms with Gasteiger partial charge >= 0.3 is 0 Å². The number of sulfonamides is 1. The minimum absolute atomic E-state index is 0.150. The van der Waals surface area contributed by atoms with Gasteiger partial charge in [0.25, 0.3) is 11.1 Å². The van der Waals surface area contributed by atoms with Gasteiger partial charge < -0.3 is 4.90 Å². The molecule has 2 heterocycles. The first-order valence-electron chi connectivity index (χ1n) is 9.17. The van der Waals surface area contributed by atoms with Crippen LogP contribution < -0.4 is 0 Å². The number of hydrogen-bond donors (Lipinski definition) is 0. The molecule has 1 aromatic carbocycles. The van der Waals surface area contributed by atoms with Crippen LogP contribution >= 0.6 is 11.8 Å². The van der Waals surface area contributed by atoms with Gasteiger partial charge in [-0.25, -0.2) is 8.42 Å². The Morgan fingerprint density at radius 2 is 1.82 bits per heavy atom. The van der Waals surface area contributed by atoms with Crippen molar-refractivity contribution in [3.8, 4) is 0 Å². The zero-order valence-electron chi connectivity index (χ0n) is 15.8. The van der Waals surface area contributed by atoms with Crippen molar-refractivity contribution >= 4 is 38.8 Å². The third-order valence-electron chi connectivity index (χ3n) is 5.04. The zero-order chi connectivity index (χ0) is 20.5. The highest BCUT2D eigenvalue weighted by molar-refractivity contribution is 8.14. The van der Waals surface area contributed by atoms with Crippen molar-refractivity contribution in [1.29, 1.82) is 0 Å². The summed E-state index contributed by atoms with van der Waals surface area (Å²) >= 11 is 0.989. The zero-order valence-corrected chi connectivity index (χ0v) is 17.5. The standard InChI is InChI=1S/C18H23N3O5S2/c1-3-20(4-2)28(25,26)15-7-5-13(6-8-15)17(23)19-10-9-14(11-19)21-16(22)12-27-18(21)24/h5-8,14H,3-4,9-12H2,1-2H3. The summed E-state index contributed by atoms with van der Waals surface area (Å²) in [4.78, 5) is 39.5. The molecule has 28 heavy (non-hydrogen) atoms. The van der Waals surface area contributed by atoms with E-state index in [1.807, 2.05) is 0 Å². The molecule has 0 radical (unpaired) electrons. The second-order valence-electron chi connectivity index (χ2n) is 6.63. The van der Waals surface area contributed by atoms with Crippen LogP contribution in [0, 0.1) is 0 Å². The summed E-state index contributed by atoms with van der Waals surface area (Å²) in [5.74, 6) is -0.285. The summed E-state index contributed by atoms with van der Waals surface area (Å²) in [6, 6.07) is 5.61. The summed E-state index contributed by atoms with van der Waals surface area (Å²) in [5.41, 5.74) is 0.382. The lowest BCUT2D eigenvalue weighted by molar-refractivity contribution is -0.126. The predicted molar refractivity (Wildman–Crippen MR) is 106 cm³/mol. The number of nitrogens with zero attached hydrogens (tertiary/aromatic N) is 3. The molecule has 1 atom stereocenters. The van der Waals surface area contributed by atoms with Crippen LogP contribution in [0.1, 0.15) is 30.6 Å². The van der Waals surface area contributed by atoms with E-state index >= 15 is 0 Å². The van der Waals surface area contributed by atoms with E-state index in [-0.39, 0.29) is 33.7 Å². The summed E-state index contributed by atoms with van der Waals surface area (Å²) < 4.78 is 26.4. The van der Waals surface area contributed by atoms with E-state index in [9.17, 15) is 22.8 Å². The van der Waals surface area contributed by atoms with Crippen molar-refractivity contribution in [2.24, 2.45) is 0 Å². The van der Waals surface area contributed by atoms with E-state index in [1.165, 1.54) is 33.5 Å². The van der Waals surface area contributed by atoms with Crippen LogP contribution in [0.5, 0.6) is 0 Å². The first kappa shape index (κ1) is 20.8. The number of carbonyl (C=O) groups excluding carboxylic acids is 3. The normalized spacial score (nSPS) is 20.5. The van der Waals surface area contributed by atoms with Crippen molar-refractivity contribution in [2.45, 2.75) is 31.2 Å². The lowest BCUT2D eigenvalue weighted by Gasteiger charge is -2.22. The molecular weight excluding hydrogens is 402 g/mol. The van der Waals surface area contributed by atoms with E-state index in [2.05, 4.69) is 0 Å². The highest BCUT2D eigenvalue weighted by Gasteiger charge is 2.40. The molecule has 0 N–H and O–H groups in total. The monoisotopic (exact) mass is 425 g/mol. The molecule has 2 aliphatic rings. The lowest BCUT2D eigenvalue weighted by atomic mass is 10.2. The minimum atomic E-state index is -3.57. The van der Waals surface area contributed by atoms with Crippen molar-refractivity contribution in [2.75, 3.05) is 31.9 Å². The van der Waals surface area contributed by atoms with Gasteiger partial charge in [0.05, 0.1) is 16.7 Å². The summed E-state index contributed by atoms with van der Waals surface area (Å²) in [6.45, 7) is 5.05. The van der Waals surface area contributed by atoms with Gasteiger partial charge in [-0.15, -0.1) is 0 Å². The first-order chi connectivity index (χ1) is 13.3. The molecule has 0 aromatic heterocycles. The highest BCUT2D eigenvalue weighted by Crippen LogP contribution is 2.27. The highest BCUT2D eigenvalue weighted by atomic mass is 32.2. The van der Waals surface area contributed by atoms with Gasteiger partial charge in [0.2, 0.25) is 15.9 Å². The SMILES string of the molecule is CCN(CC)S(=O)(=O)c1ccc(C(=O)N2CCC(N3C(=O)CSC3=O)C2)cc1. The molecule has 0 aliphatic carbocycles. The van der Waals surface area contributed by atoms with Gasteiger partial charge in [0.1, 0.15) is 0 Å². The Balaban J connectivity index is 1.70. The number of benzene rings is 1. The Bertz CT molecular complexity index is 865. The van der Waals surface area contributed by atoms with Crippen molar-refractivity contribution in [3.05, 3.63) is 29.8 Å². The average Bonchev–Trinajstić information content (AvgIpc) is 3.28. The third kappa shape index (κ3) is 3.81. The first-order valence-corrected chi connectivity index (χ1v) is 11.6. The quantitative estimate of drug-likeness (QED) is 0.687. The van der Waals surface area contributed by atoms with Crippen LogP contribution in [0.3, 0.4) is 0 Å². The number of imide groups is 1. The predicted octanol–water partition coefficient (Wildman–Crippen LogP) is 1.63. The van der Waals surface area contributed by atoms with Gasteiger partial charge in [-0.05, 0) is 30.7 Å². The summed E-state index contributed by atoms with van der Waals surface area (Å²) in [5, 5.41) is -0.254. The molecule has 0 saturated carbocycles. The Hall–Kier alpha value is -1.91. The molecule has 152 valence electrons. The molecule has 2 saturated heterocycles. The molecule has 0 spiro atoms. The number of amides is 3. The number of carbonyl (C=O) groups is 3. The molecule has 1 aromatic rings. The second kappa shape index (κ2) is 8.22. The summed E-state index contributed by atoms with van der Waals surface area (Å²) in [6.07, 6.45) is 0.554. The van der Waals surface area contributed by atoms with Gasteiger partial charge in [0.15, 0.2) is 0 Å². The van der Waals surface area contributed by atoms with Crippen LogP contribution in [-0.2, 0) is 14.8 Å². The van der Waals surface area contributed by atoms with Crippen LogP contribution in [0.15, 0.2) is 29.2 Å². The van der Waals surface area contributed by atoms with E-state index in [4.69, 9.17) is 0 Å². The molecule has 0 bridgehead atoms. The van der Waals surface area contributed by atoms with E-state index in [1.54, 1.807) is 18.7 Å². The Labute approximate surface area is 168 Å². The number of thioether (sulfide) groups is 1. The number of hydrogen-bond acceptors (Lipinski definition) is 6. The second-order valence-corrected chi connectivity index (χ2v) is 9.49. The minimum Gasteiger partial charge on any atom is -0.336 e. The Kier molecular flexibility index (Phi) is 6.11. The van der Waals surface area contributed by atoms with E-state index < -0.39 is 10.0 Å². The maximum absolute atomic E-state index is 12.8. The molecule has 8 nitrogen and oxygen atoms in total. The fourth-order valence-electron chi connectivity index (χ4n) is 3.52. The Morgan fingerprint density at radius 3 is 2.36 bits per heavy atom. The molecule has 2 aliphatic heterocycles. The molecule has 1 unspecified atom stereocenters. The van der Waals surface area contributed by atoms with Gasteiger partial charge in [-0.3, -0.25) is 19.3 Å². The molecule has 3 amide bonds. The molecular formula is C18H23N3O5S2. The van der Waals surface area contributed by atoms with Gasteiger partial charge in [-0.1, -0.05) is 25.6 Å². The van der Waals surface area contributed by atoms with Crippen LogP contribution in [-0.4, -0.2) is 77.6 Å². The average molecular weight is 426 g/mol. The van der Waals surface area contributed by atoms with Gasteiger partial charge in [0, 0.05) is 31.7 Å². The smallest absolute Gasteiger partial charge is 0.289 e. The lowest BCUT2D eigenvalue weighted by Crippen LogP contribution is -2.41. The fraction of sp³-hybridized carbons (Fsp3) is 0.500. The number of likely N-dealkylation sites (tertiary alicyclic amines) is 1. The topological polar surface area (TPSA) is 95.1 Å². The Morgan fingerprint density at radius 1 is 1.18 bits per heavy atom. The molecule has 2 fully saturated rings. The maximum Gasteiger partial charge on any atom is 0.289 e. The van der Waals surface area contributed by atoms with Gasteiger partial charge in [-0.2, -0.15) is 4.31 Å².